The molecule has 0 radical (unpaired) electrons. The Bertz CT molecular complexity index is 1070. The number of benzene rings is 2. The Labute approximate surface area is 202 Å². The average Bonchev–Trinajstić information content (AvgIpc) is 2.84. The Hall–Kier alpha value is -3.12. The summed E-state index contributed by atoms with van der Waals surface area (Å²) < 4.78 is 5.39. The van der Waals surface area contributed by atoms with Crippen LogP contribution in [0.1, 0.15) is 65.0 Å². The molecule has 0 aromatic heterocycles. The minimum Gasteiger partial charge on any atom is -0.497 e. The van der Waals surface area contributed by atoms with Gasteiger partial charge in [0.25, 0.3) is 5.91 Å². The summed E-state index contributed by atoms with van der Waals surface area (Å²) in [6, 6.07) is 12.9. The minimum atomic E-state index is -0.163. The van der Waals surface area contributed by atoms with Gasteiger partial charge in [-0.1, -0.05) is 24.6 Å². The summed E-state index contributed by atoms with van der Waals surface area (Å²) in [5.41, 5.74) is 3.90. The Morgan fingerprint density at radius 3 is 2.47 bits per heavy atom. The highest BCUT2D eigenvalue weighted by molar-refractivity contribution is 6.09. The zero-order valence-corrected chi connectivity index (χ0v) is 20.4. The molecule has 4 rings (SSSR count). The van der Waals surface area contributed by atoms with Crippen LogP contribution in [0.4, 0.5) is 0 Å². The van der Waals surface area contributed by atoms with Gasteiger partial charge in [0.05, 0.1) is 7.11 Å². The number of carbonyl (C=O) groups excluding carboxylic acids is 2. The molecule has 0 aliphatic carbocycles. The first kappa shape index (κ1) is 24.0. The van der Waals surface area contributed by atoms with E-state index in [4.69, 9.17) is 4.74 Å². The van der Waals surface area contributed by atoms with E-state index in [-0.39, 0.29) is 17.2 Å². The number of ketones is 1. The lowest BCUT2D eigenvalue weighted by atomic mass is 9.85. The lowest BCUT2D eigenvalue weighted by molar-refractivity contribution is 0.0945. The van der Waals surface area contributed by atoms with Crippen LogP contribution >= 0.6 is 0 Å². The Morgan fingerprint density at radius 2 is 1.76 bits per heavy atom. The van der Waals surface area contributed by atoms with Crippen molar-refractivity contribution in [1.29, 1.82) is 0 Å². The summed E-state index contributed by atoms with van der Waals surface area (Å²) >= 11 is 0. The molecule has 0 unspecified atom stereocenters. The number of rotatable bonds is 7. The zero-order chi connectivity index (χ0) is 24.1. The summed E-state index contributed by atoms with van der Waals surface area (Å²) in [5, 5.41) is 6.49. The van der Waals surface area contributed by atoms with Crippen molar-refractivity contribution in [3.63, 3.8) is 0 Å². The van der Waals surface area contributed by atoms with Crippen LogP contribution in [0.25, 0.3) is 5.70 Å². The van der Waals surface area contributed by atoms with Crippen molar-refractivity contribution in [2.24, 2.45) is 0 Å². The molecule has 2 aromatic rings. The molecule has 0 atom stereocenters. The largest absolute Gasteiger partial charge is 0.497 e. The summed E-state index contributed by atoms with van der Waals surface area (Å²) in [5.74, 6) is 0.548. The summed E-state index contributed by atoms with van der Waals surface area (Å²) in [7, 11) is 1.64. The fraction of sp³-hybridized carbons (Fsp3) is 0.429. The standard InChI is InChI=1S/C28H35N3O3/c1-28(2)19-22-11-12-23(34-3)17-24(22)25(30-28)18-26(32)20-7-9-21(10-8-20)27(33)29-13-16-31-14-5-4-6-15-31/h7-12,17-18,30H,4-6,13-16,19H2,1-3H3,(H,29,33). The van der Waals surface area contributed by atoms with E-state index in [1.54, 1.807) is 37.5 Å². The zero-order valence-electron chi connectivity index (χ0n) is 20.4. The average molecular weight is 462 g/mol. The first-order chi connectivity index (χ1) is 16.3. The fourth-order valence-corrected chi connectivity index (χ4v) is 4.77. The molecule has 2 aliphatic rings. The van der Waals surface area contributed by atoms with Gasteiger partial charge in [-0.15, -0.1) is 0 Å². The van der Waals surface area contributed by atoms with Crippen molar-refractivity contribution >= 4 is 17.4 Å². The number of likely N-dealkylation sites (tertiary alicyclic amines) is 1. The maximum Gasteiger partial charge on any atom is 0.251 e. The lowest BCUT2D eigenvalue weighted by Gasteiger charge is -2.35. The molecule has 0 bridgehead atoms. The number of nitrogens with zero attached hydrogens (tertiary/aromatic N) is 1. The number of amides is 1. The van der Waals surface area contributed by atoms with Crippen molar-refractivity contribution < 1.29 is 14.3 Å². The van der Waals surface area contributed by atoms with Crippen molar-refractivity contribution in [2.75, 3.05) is 33.3 Å². The molecule has 6 nitrogen and oxygen atoms in total. The van der Waals surface area contributed by atoms with E-state index in [9.17, 15) is 9.59 Å². The molecular formula is C28H35N3O3. The second-order valence-corrected chi connectivity index (χ2v) is 9.87. The number of carbonyl (C=O) groups is 2. The van der Waals surface area contributed by atoms with Gasteiger partial charge < -0.3 is 20.3 Å². The Kier molecular flexibility index (Phi) is 7.37. The van der Waals surface area contributed by atoms with Gasteiger partial charge in [0.2, 0.25) is 0 Å². The molecule has 1 amide bonds. The van der Waals surface area contributed by atoms with E-state index in [0.717, 1.165) is 43.1 Å². The molecule has 34 heavy (non-hydrogen) atoms. The molecule has 0 saturated carbocycles. The predicted molar refractivity (Wildman–Crippen MR) is 135 cm³/mol. The molecule has 0 spiro atoms. The number of methoxy groups -OCH3 is 1. The third kappa shape index (κ3) is 5.86. The molecule has 1 saturated heterocycles. The molecule has 2 N–H and O–H groups in total. The molecular weight excluding hydrogens is 426 g/mol. The van der Waals surface area contributed by atoms with E-state index >= 15 is 0 Å². The highest BCUT2D eigenvalue weighted by Crippen LogP contribution is 2.32. The van der Waals surface area contributed by atoms with Crippen LogP contribution in [-0.2, 0) is 6.42 Å². The Morgan fingerprint density at radius 1 is 1.06 bits per heavy atom. The van der Waals surface area contributed by atoms with Crippen LogP contribution in [0.15, 0.2) is 48.5 Å². The quantitative estimate of drug-likeness (QED) is 0.481. The monoisotopic (exact) mass is 461 g/mol. The maximum atomic E-state index is 13.1. The number of hydrogen-bond donors (Lipinski definition) is 2. The summed E-state index contributed by atoms with van der Waals surface area (Å²) in [6.45, 7) is 7.99. The highest BCUT2D eigenvalue weighted by Gasteiger charge is 2.28. The van der Waals surface area contributed by atoms with Gasteiger partial charge in [-0.3, -0.25) is 9.59 Å². The molecule has 1 fully saturated rings. The van der Waals surface area contributed by atoms with Crippen molar-refractivity contribution in [3.05, 3.63) is 70.8 Å². The smallest absolute Gasteiger partial charge is 0.251 e. The van der Waals surface area contributed by atoms with Crippen LogP contribution < -0.4 is 15.4 Å². The van der Waals surface area contributed by atoms with Gasteiger partial charge in [0.15, 0.2) is 5.78 Å². The van der Waals surface area contributed by atoms with Crippen LogP contribution in [0.3, 0.4) is 0 Å². The van der Waals surface area contributed by atoms with E-state index in [1.807, 2.05) is 12.1 Å². The first-order valence-corrected chi connectivity index (χ1v) is 12.2. The fourth-order valence-electron chi connectivity index (χ4n) is 4.77. The second kappa shape index (κ2) is 10.4. The van der Waals surface area contributed by atoms with Gasteiger partial charge in [-0.05, 0) is 76.0 Å². The van der Waals surface area contributed by atoms with Gasteiger partial charge in [0.1, 0.15) is 5.75 Å². The number of fused-ring (bicyclic) bond motifs is 1. The summed E-state index contributed by atoms with van der Waals surface area (Å²) in [6.07, 6.45) is 6.29. The number of nitrogens with one attached hydrogen (secondary N) is 2. The topological polar surface area (TPSA) is 70.7 Å². The highest BCUT2D eigenvalue weighted by atomic mass is 16.5. The molecule has 2 aromatic carbocycles. The number of allylic oxidation sites excluding steroid dienone is 1. The number of ether oxygens (including phenoxy) is 1. The van der Waals surface area contributed by atoms with Crippen molar-refractivity contribution in [2.45, 2.75) is 45.1 Å². The molecule has 6 heteroatoms. The van der Waals surface area contributed by atoms with Crippen molar-refractivity contribution in [3.8, 4) is 5.75 Å². The van der Waals surface area contributed by atoms with Crippen LogP contribution in [0.5, 0.6) is 5.75 Å². The second-order valence-electron chi connectivity index (χ2n) is 9.87. The van der Waals surface area contributed by atoms with Crippen LogP contribution in [-0.4, -0.2) is 55.4 Å². The Balaban J connectivity index is 1.43. The maximum absolute atomic E-state index is 13.1. The molecule has 2 heterocycles. The van der Waals surface area contributed by atoms with Crippen LogP contribution in [0.2, 0.25) is 0 Å². The van der Waals surface area contributed by atoms with E-state index in [2.05, 4.69) is 35.4 Å². The van der Waals surface area contributed by atoms with E-state index < -0.39 is 0 Å². The third-order valence-corrected chi connectivity index (χ3v) is 6.58. The summed E-state index contributed by atoms with van der Waals surface area (Å²) in [4.78, 5) is 28.0. The van der Waals surface area contributed by atoms with Crippen LogP contribution in [0, 0.1) is 0 Å². The number of hydrogen-bond acceptors (Lipinski definition) is 5. The lowest BCUT2D eigenvalue weighted by Crippen LogP contribution is -2.43. The van der Waals surface area contributed by atoms with Crippen molar-refractivity contribution in [1.82, 2.24) is 15.5 Å². The van der Waals surface area contributed by atoms with Gasteiger partial charge in [0, 0.05) is 47.1 Å². The van der Waals surface area contributed by atoms with Gasteiger partial charge in [-0.2, -0.15) is 0 Å². The third-order valence-electron chi connectivity index (χ3n) is 6.58. The van der Waals surface area contributed by atoms with Gasteiger partial charge >= 0.3 is 0 Å². The number of piperidine rings is 1. The predicted octanol–water partition coefficient (Wildman–Crippen LogP) is 4.06. The molecule has 2 aliphatic heterocycles. The van der Waals surface area contributed by atoms with Gasteiger partial charge in [-0.25, -0.2) is 0 Å². The first-order valence-electron chi connectivity index (χ1n) is 12.2. The molecule has 180 valence electrons. The van der Waals surface area contributed by atoms with E-state index in [0.29, 0.717) is 17.7 Å². The minimum absolute atomic E-state index is 0.105. The van der Waals surface area contributed by atoms with E-state index in [1.165, 1.54) is 24.8 Å². The SMILES string of the molecule is COc1ccc2c(c1)C(=CC(=O)c1ccc(C(=O)NCCN3CCCCC3)cc1)NC(C)(C)C2. The normalized spacial score (nSPS) is 18.6.